The second-order valence-electron chi connectivity index (χ2n) is 8.28. The predicted molar refractivity (Wildman–Crippen MR) is 152 cm³/mol. The van der Waals surface area contributed by atoms with Crippen molar-refractivity contribution in [3.63, 3.8) is 0 Å². The van der Waals surface area contributed by atoms with Crippen LogP contribution in [0.4, 0.5) is 5.69 Å². The summed E-state index contributed by atoms with van der Waals surface area (Å²) in [5, 5.41) is 24.4. The summed E-state index contributed by atoms with van der Waals surface area (Å²) in [6, 6.07) is 19.5. The second kappa shape index (κ2) is 12.2. The number of rotatable bonds is 10. The molecule has 10 heteroatoms. The van der Waals surface area contributed by atoms with Crippen LogP contribution in [0, 0.1) is 25.0 Å². The molecule has 0 radical (unpaired) electrons. The number of aromatic amines is 1. The zero-order chi connectivity index (χ0) is 27.1. The monoisotopic (exact) mass is 622 g/mol. The number of hydrogen-bond donors (Lipinski definition) is 2. The molecule has 38 heavy (non-hydrogen) atoms. The highest BCUT2D eigenvalue weighted by atomic mass is 127. The SMILES string of the molecule is COc1cc(/C=C(/C#N)C(=O)NCCc2c[nH]c3ccccc23)cc(I)c1OCc1ccc([N+](=O)[O-])cc1. The summed E-state index contributed by atoms with van der Waals surface area (Å²) < 4.78 is 12.1. The molecule has 0 aliphatic rings. The molecule has 3 aromatic carbocycles. The summed E-state index contributed by atoms with van der Waals surface area (Å²) in [5.41, 5.74) is 3.47. The zero-order valence-electron chi connectivity index (χ0n) is 20.4. The Hall–Kier alpha value is -4.37. The van der Waals surface area contributed by atoms with E-state index >= 15 is 0 Å². The number of nitrogens with zero attached hydrogens (tertiary/aromatic N) is 2. The number of nitro benzene ring substituents is 1. The van der Waals surface area contributed by atoms with Gasteiger partial charge in [-0.2, -0.15) is 5.26 Å². The molecule has 4 aromatic rings. The fourth-order valence-electron chi connectivity index (χ4n) is 3.89. The van der Waals surface area contributed by atoms with Crippen LogP contribution in [0.2, 0.25) is 0 Å². The molecule has 1 aromatic heterocycles. The van der Waals surface area contributed by atoms with E-state index < -0.39 is 10.8 Å². The zero-order valence-corrected chi connectivity index (χ0v) is 22.5. The van der Waals surface area contributed by atoms with E-state index in [-0.39, 0.29) is 17.9 Å². The predicted octanol–water partition coefficient (Wildman–Crippen LogP) is 5.53. The Morgan fingerprint density at radius 3 is 2.68 bits per heavy atom. The van der Waals surface area contributed by atoms with Crippen LogP contribution in [-0.2, 0) is 17.8 Å². The van der Waals surface area contributed by atoms with Crippen LogP contribution in [0.15, 0.2) is 72.4 Å². The molecule has 2 N–H and O–H groups in total. The lowest BCUT2D eigenvalue weighted by Crippen LogP contribution is -2.26. The minimum Gasteiger partial charge on any atom is -0.493 e. The van der Waals surface area contributed by atoms with Crippen LogP contribution < -0.4 is 14.8 Å². The van der Waals surface area contributed by atoms with Crippen molar-refractivity contribution in [3.8, 4) is 17.6 Å². The number of aromatic nitrogens is 1. The number of carbonyl (C=O) groups is 1. The maximum Gasteiger partial charge on any atom is 0.269 e. The Morgan fingerprint density at radius 2 is 1.97 bits per heavy atom. The summed E-state index contributed by atoms with van der Waals surface area (Å²) in [6.07, 6.45) is 4.06. The van der Waals surface area contributed by atoms with Crippen LogP contribution in [0.1, 0.15) is 16.7 Å². The van der Waals surface area contributed by atoms with Gasteiger partial charge in [-0.1, -0.05) is 18.2 Å². The van der Waals surface area contributed by atoms with Crippen molar-refractivity contribution in [3.05, 3.63) is 103 Å². The minimum atomic E-state index is -0.459. The van der Waals surface area contributed by atoms with Gasteiger partial charge in [0.15, 0.2) is 11.5 Å². The van der Waals surface area contributed by atoms with Gasteiger partial charge >= 0.3 is 0 Å². The Balaban J connectivity index is 1.42. The third-order valence-corrected chi connectivity index (χ3v) is 6.61. The lowest BCUT2D eigenvalue weighted by Gasteiger charge is -2.14. The van der Waals surface area contributed by atoms with Gasteiger partial charge in [-0.3, -0.25) is 14.9 Å². The lowest BCUT2D eigenvalue weighted by molar-refractivity contribution is -0.384. The van der Waals surface area contributed by atoms with Crippen molar-refractivity contribution in [1.82, 2.24) is 10.3 Å². The maximum atomic E-state index is 12.7. The highest BCUT2D eigenvalue weighted by Crippen LogP contribution is 2.35. The standard InChI is InChI=1S/C28H23IN4O5/c1-37-26-14-19(13-24(29)27(26)38-17-18-6-8-22(9-7-18)33(35)36)12-21(15-30)28(34)31-11-10-20-16-32-25-5-3-2-4-23(20)25/h2-9,12-14,16,32H,10-11,17H2,1H3,(H,31,34)/b21-12-. The van der Waals surface area contributed by atoms with Gasteiger partial charge < -0.3 is 19.8 Å². The topological polar surface area (TPSA) is 130 Å². The number of methoxy groups -OCH3 is 1. The molecule has 9 nitrogen and oxygen atoms in total. The van der Waals surface area contributed by atoms with E-state index in [0.717, 1.165) is 22.0 Å². The molecule has 192 valence electrons. The molecule has 0 saturated carbocycles. The molecular weight excluding hydrogens is 599 g/mol. The van der Waals surface area contributed by atoms with Crippen molar-refractivity contribution in [1.29, 1.82) is 5.26 Å². The normalized spacial score (nSPS) is 11.1. The van der Waals surface area contributed by atoms with E-state index in [0.29, 0.717) is 33.6 Å². The summed E-state index contributed by atoms with van der Waals surface area (Å²) >= 11 is 2.09. The molecule has 0 aliphatic carbocycles. The molecule has 0 bridgehead atoms. The van der Waals surface area contributed by atoms with Crippen LogP contribution >= 0.6 is 22.6 Å². The number of para-hydroxylation sites is 1. The van der Waals surface area contributed by atoms with Crippen LogP contribution in [0.5, 0.6) is 11.5 Å². The number of carbonyl (C=O) groups excluding carboxylic acids is 1. The number of hydrogen-bond acceptors (Lipinski definition) is 6. The molecule has 0 spiro atoms. The van der Waals surface area contributed by atoms with Gasteiger partial charge in [0.25, 0.3) is 11.6 Å². The molecule has 1 amide bonds. The summed E-state index contributed by atoms with van der Waals surface area (Å²) in [4.78, 5) is 26.3. The van der Waals surface area contributed by atoms with E-state index in [1.54, 1.807) is 24.3 Å². The Bertz CT molecular complexity index is 1550. The number of ether oxygens (including phenoxy) is 2. The van der Waals surface area contributed by atoms with Crippen LogP contribution in [0.3, 0.4) is 0 Å². The largest absolute Gasteiger partial charge is 0.493 e. The highest BCUT2D eigenvalue weighted by molar-refractivity contribution is 14.1. The number of nitrogens with one attached hydrogen (secondary N) is 2. The third kappa shape index (κ3) is 6.30. The quantitative estimate of drug-likeness (QED) is 0.0786. The molecule has 0 fully saturated rings. The van der Waals surface area contributed by atoms with E-state index in [2.05, 4.69) is 32.9 Å². The second-order valence-corrected chi connectivity index (χ2v) is 9.44. The van der Waals surface area contributed by atoms with E-state index in [1.807, 2.05) is 36.5 Å². The Morgan fingerprint density at radius 1 is 1.21 bits per heavy atom. The van der Waals surface area contributed by atoms with Crippen molar-refractivity contribution in [2.24, 2.45) is 0 Å². The van der Waals surface area contributed by atoms with Gasteiger partial charge in [0.05, 0.1) is 15.6 Å². The van der Waals surface area contributed by atoms with Crippen molar-refractivity contribution in [2.45, 2.75) is 13.0 Å². The number of halogens is 1. The number of non-ortho nitro benzene ring substituents is 1. The van der Waals surface area contributed by atoms with Crippen LogP contribution in [0.25, 0.3) is 17.0 Å². The van der Waals surface area contributed by atoms with Gasteiger partial charge in [-0.15, -0.1) is 0 Å². The average molecular weight is 622 g/mol. The molecule has 0 saturated heterocycles. The summed E-state index contributed by atoms with van der Waals surface area (Å²) in [7, 11) is 1.50. The summed E-state index contributed by atoms with van der Waals surface area (Å²) in [6.45, 7) is 0.567. The highest BCUT2D eigenvalue weighted by Gasteiger charge is 2.15. The van der Waals surface area contributed by atoms with E-state index in [9.17, 15) is 20.2 Å². The van der Waals surface area contributed by atoms with Crippen LogP contribution in [-0.4, -0.2) is 29.5 Å². The smallest absolute Gasteiger partial charge is 0.269 e. The third-order valence-electron chi connectivity index (χ3n) is 5.81. The van der Waals surface area contributed by atoms with Gasteiger partial charge in [-0.05, 0) is 82.1 Å². The fourth-order valence-corrected chi connectivity index (χ4v) is 4.67. The van der Waals surface area contributed by atoms with Gasteiger partial charge in [0.1, 0.15) is 18.2 Å². The first kappa shape index (κ1) is 26.7. The van der Waals surface area contributed by atoms with Gasteiger partial charge in [0, 0.05) is 35.8 Å². The Kier molecular flexibility index (Phi) is 8.60. The number of benzene rings is 3. The van der Waals surface area contributed by atoms with E-state index in [1.165, 1.54) is 25.3 Å². The number of fused-ring (bicyclic) bond motifs is 1. The van der Waals surface area contributed by atoms with Crippen molar-refractivity contribution in [2.75, 3.05) is 13.7 Å². The van der Waals surface area contributed by atoms with Crippen molar-refractivity contribution >= 4 is 51.2 Å². The molecule has 0 atom stereocenters. The fraction of sp³-hybridized carbons (Fsp3) is 0.143. The molecule has 1 heterocycles. The molecule has 4 rings (SSSR count). The number of amides is 1. The molecule has 0 aliphatic heterocycles. The van der Waals surface area contributed by atoms with Gasteiger partial charge in [0.2, 0.25) is 0 Å². The first-order valence-electron chi connectivity index (χ1n) is 11.6. The number of H-pyrrole nitrogens is 1. The van der Waals surface area contributed by atoms with E-state index in [4.69, 9.17) is 9.47 Å². The number of nitriles is 1. The number of nitro groups is 1. The molecular formula is C28H23IN4O5. The van der Waals surface area contributed by atoms with Gasteiger partial charge in [-0.25, -0.2) is 0 Å². The maximum absolute atomic E-state index is 12.7. The Labute approximate surface area is 232 Å². The lowest BCUT2D eigenvalue weighted by atomic mass is 10.1. The van der Waals surface area contributed by atoms with Crippen molar-refractivity contribution < 1.29 is 19.2 Å². The molecule has 0 unspecified atom stereocenters. The first-order valence-corrected chi connectivity index (χ1v) is 12.7. The minimum absolute atomic E-state index is 0.00681. The summed E-state index contributed by atoms with van der Waals surface area (Å²) in [5.74, 6) is 0.465. The first-order chi connectivity index (χ1) is 18.4. The average Bonchev–Trinajstić information content (AvgIpc) is 3.34.